The third-order valence-corrected chi connectivity index (χ3v) is 3.47. The molecule has 1 aliphatic rings. The van der Waals surface area contributed by atoms with Crippen molar-refractivity contribution < 1.29 is 17.9 Å². The van der Waals surface area contributed by atoms with Crippen LogP contribution in [0.2, 0.25) is 0 Å². The maximum absolute atomic E-state index is 13.2. The molecule has 2 rings (SSSR count). The molecule has 1 aromatic carbocycles. The van der Waals surface area contributed by atoms with Crippen molar-refractivity contribution in [2.75, 3.05) is 13.2 Å². The number of nitrogens with one attached hydrogen (secondary N) is 1. The zero-order valence-corrected chi connectivity index (χ0v) is 12.1. The zero-order chi connectivity index (χ0) is 14.0. The second kappa shape index (κ2) is 5.71. The zero-order valence-electron chi connectivity index (χ0n) is 10.5. The molecule has 1 heterocycles. The maximum atomic E-state index is 13.2. The first-order valence-electron chi connectivity index (χ1n) is 6.18. The van der Waals surface area contributed by atoms with Crippen LogP contribution in [0.15, 0.2) is 16.6 Å². The molecule has 0 radical (unpaired) electrons. The number of rotatable bonds is 4. The molecule has 1 aliphatic heterocycles. The van der Waals surface area contributed by atoms with E-state index >= 15 is 0 Å². The number of ether oxygens (including phenoxy) is 1. The van der Waals surface area contributed by atoms with Crippen molar-refractivity contribution in [2.45, 2.75) is 32.0 Å². The SMILES string of the molecule is CCCNC(c1cc(Br)cc2c1OCC2)C(F)(F)F. The lowest BCUT2D eigenvalue weighted by molar-refractivity contribution is -0.158. The van der Waals surface area contributed by atoms with Gasteiger partial charge in [0.15, 0.2) is 0 Å². The van der Waals surface area contributed by atoms with E-state index in [-0.39, 0.29) is 5.56 Å². The van der Waals surface area contributed by atoms with Gasteiger partial charge >= 0.3 is 6.18 Å². The van der Waals surface area contributed by atoms with Gasteiger partial charge in [-0.3, -0.25) is 0 Å². The number of hydrogen-bond acceptors (Lipinski definition) is 2. The van der Waals surface area contributed by atoms with E-state index in [1.54, 1.807) is 0 Å². The van der Waals surface area contributed by atoms with Crippen molar-refractivity contribution >= 4 is 15.9 Å². The van der Waals surface area contributed by atoms with E-state index in [1.807, 2.05) is 13.0 Å². The average Bonchev–Trinajstić information content (AvgIpc) is 2.75. The molecule has 6 heteroatoms. The van der Waals surface area contributed by atoms with Crippen LogP contribution in [0.3, 0.4) is 0 Å². The molecule has 106 valence electrons. The third kappa shape index (κ3) is 3.23. The number of hydrogen-bond donors (Lipinski definition) is 1. The molecule has 0 saturated heterocycles. The van der Waals surface area contributed by atoms with Gasteiger partial charge in [0.25, 0.3) is 0 Å². The first kappa shape index (κ1) is 14.7. The molecule has 0 aliphatic carbocycles. The van der Waals surface area contributed by atoms with Crippen LogP contribution in [-0.2, 0) is 6.42 Å². The highest BCUT2D eigenvalue weighted by Crippen LogP contribution is 2.42. The van der Waals surface area contributed by atoms with Crippen LogP contribution in [0.25, 0.3) is 0 Å². The Bertz CT molecular complexity index is 462. The van der Waals surface area contributed by atoms with Crippen LogP contribution < -0.4 is 10.1 Å². The van der Waals surface area contributed by atoms with Gasteiger partial charge in [0.2, 0.25) is 0 Å². The largest absolute Gasteiger partial charge is 0.493 e. The summed E-state index contributed by atoms with van der Waals surface area (Å²) in [6.45, 7) is 2.59. The predicted molar refractivity (Wildman–Crippen MR) is 70.4 cm³/mol. The number of halogens is 4. The van der Waals surface area contributed by atoms with Crippen LogP contribution in [0.4, 0.5) is 13.2 Å². The third-order valence-electron chi connectivity index (χ3n) is 3.01. The maximum Gasteiger partial charge on any atom is 0.408 e. The standard InChI is InChI=1S/C13H15BrF3NO/c1-2-4-18-12(13(15,16)17)10-7-9(14)6-8-3-5-19-11(8)10/h6-7,12,18H,2-5H2,1H3. The van der Waals surface area contributed by atoms with E-state index < -0.39 is 12.2 Å². The van der Waals surface area contributed by atoms with Gasteiger partial charge in [0, 0.05) is 16.5 Å². The molecule has 0 bridgehead atoms. The Balaban J connectivity index is 2.41. The summed E-state index contributed by atoms with van der Waals surface area (Å²) in [7, 11) is 0. The summed E-state index contributed by atoms with van der Waals surface area (Å²) in [5.74, 6) is 0.383. The van der Waals surface area contributed by atoms with Crippen LogP contribution in [0, 0.1) is 0 Å². The molecule has 1 aromatic rings. The summed E-state index contributed by atoms with van der Waals surface area (Å²) in [6.07, 6.45) is -3.04. The molecule has 2 nitrogen and oxygen atoms in total. The summed E-state index contributed by atoms with van der Waals surface area (Å²) in [6, 6.07) is 1.63. The highest BCUT2D eigenvalue weighted by molar-refractivity contribution is 9.10. The van der Waals surface area contributed by atoms with Crippen molar-refractivity contribution in [1.29, 1.82) is 0 Å². The summed E-state index contributed by atoms with van der Waals surface area (Å²) < 4.78 is 45.6. The molecule has 0 fully saturated rings. The Kier molecular flexibility index (Phi) is 4.40. The van der Waals surface area contributed by atoms with Gasteiger partial charge < -0.3 is 10.1 Å². The number of fused-ring (bicyclic) bond motifs is 1. The van der Waals surface area contributed by atoms with Crippen LogP contribution in [0.5, 0.6) is 5.75 Å². The van der Waals surface area contributed by atoms with Crippen LogP contribution >= 0.6 is 15.9 Å². The van der Waals surface area contributed by atoms with Gasteiger partial charge in [0.1, 0.15) is 11.8 Å². The molecule has 0 amide bonds. The Morgan fingerprint density at radius 1 is 1.42 bits per heavy atom. The van der Waals surface area contributed by atoms with Crippen LogP contribution in [0.1, 0.15) is 30.5 Å². The van der Waals surface area contributed by atoms with Gasteiger partial charge in [-0.25, -0.2) is 0 Å². The molecule has 0 saturated carbocycles. The van der Waals surface area contributed by atoms with E-state index in [4.69, 9.17) is 4.74 Å². The Labute approximate surface area is 118 Å². The first-order valence-corrected chi connectivity index (χ1v) is 6.98. The van der Waals surface area contributed by atoms with E-state index in [9.17, 15) is 13.2 Å². The second-order valence-electron chi connectivity index (χ2n) is 4.51. The molecule has 19 heavy (non-hydrogen) atoms. The van der Waals surface area contributed by atoms with Gasteiger partial charge in [-0.1, -0.05) is 22.9 Å². The van der Waals surface area contributed by atoms with Crippen molar-refractivity contribution in [3.63, 3.8) is 0 Å². The molecule has 1 atom stereocenters. The lowest BCUT2D eigenvalue weighted by Crippen LogP contribution is -2.34. The fourth-order valence-corrected chi connectivity index (χ4v) is 2.73. The minimum absolute atomic E-state index is 0.169. The minimum Gasteiger partial charge on any atom is -0.493 e. The summed E-state index contributed by atoms with van der Waals surface area (Å²) >= 11 is 3.27. The average molecular weight is 338 g/mol. The lowest BCUT2D eigenvalue weighted by atomic mass is 10.0. The monoisotopic (exact) mass is 337 g/mol. The van der Waals surface area contributed by atoms with E-state index in [0.717, 1.165) is 5.56 Å². The number of benzene rings is 1. The normalized spacial score (nSPS) is 16.1. The van der Waals surface area contributed by atoms with Gasteiger partial charge in [-0.15, -0.1) is 0 Å². The Morgan fingerprint density at radius 3 is 2.79 bits per heavy atom. The lowest BCUT2D eigenvalue weighted by Gasteiger charge is -2.24. The van der Waals surface area contributed by atoms with E-state index in [0.29, 0.717) is 36.2 Å². The molecule has 0 spiro atoms. The van der Waals surface area contributed by atoms with E-state index in [1.165, 1.54) is 6.07 Å². The fourth-order valence-electron chi connectivity index (χ4n) is 2.20. The predicted octanol–water partition coefficient (Wildman–Crippen LogP) is 3.99. The van der Waals surface area contributed by atoms with Gasteiger partial charge in [0.05, 0.1) is 6.61 Å². The van der Waals surface area contributed by atoms with Crippen LogP contribution in [-0.4, -0.2) is 19.3 Å². The number of alkyl halides is 3. The summed E-state index contributed by atoms with van der Waals surface area (Å²) in [4.78, 5) is 0. The highest BCUT2D eigenvalue weighted by Gasteiger charge is 2.42. The van der Waals surface area contributed by atoms with E-state index in [2.05, 4.69) is 21.2 Å². The highest BCUT2D eigenvalue weighted by atomic mass is 79.9. The Morgan fingerprint density at radius 2 is 2.16 bits per heavy atom. The first-order chi connectivity index (χ1) is 8.93. The molecule has 0 aromatic heterocycles. The van der Waals surface area contributed by atoms with Crippen molar-refractivity contribution in [2.24, 2.45) is 0 Å². The molecule has 1 unspecified atom stereocenters. The van der Waals surface area contributed by atoms with Gasteiger partial charge in [-0.2, -0.15) is 13.2 Å². The Hall–Kier alpha value is -0.750. The van der Waals surface area contributed by atoms with Crippen molar-refractivity contribution in [3.8, 4) is 5.75 Å². The summed E-state index contributed by atoms with van der Waals surface area (Å²) in [5.41, 5.74) is 1.000. The van der Waals surface area contributed by atoms with Crippen molar-refractivity contribution in [3.05, 3.63) is 27.7 Å². The smallest absolute Gasteiger partial charge is 0.408 e. The fraction of sp³-hybridized carbons (Fsp3) is 0.538. The molecule has 1 N–H and O–H groups in total. The van der Waals surface area contributed by atoms with Crippen molar-refractivity contribution in [1.82, 2.24) is 5.32 Å². The summed E-state index contributed by atoms with van der Waals surface area (Å²) in [5, 5.41) is 2.56. The topological polar surface area (TPSA) is 21.3 Å². The quantitative estimate of drug-likeness (QED) is 0.896. The minimum atomic E-state index is -4.34. The van der Waals surface area contributed by atoms with Gasteiger partial charge in [-0.05, 0) is 30.7 Å². The molecular weight excluding hydrogens is 323 g/mol. The second-order valence-corrected chi connectivity index (χ2v) is 5.43. The molecular formula is C13H15BrF3NO.